The fraction of sp³-hybridized carbons (Fsp3) is 0.375. The number of carbonyl (C=O) groups is 1. The lowest BCUT2D eigenvalue weighted by Crippen LogP contribution is -2.41. The zero-order chi connectivity index (χ0) is 17.4. The maximum atomic E-state index is 12.1. The summed E-state index contributed by atoms with van der Waals surface area (Å²) in [5, 5.41) is 15.5. The standard InChI is InChI=1S/C16H18Cl2N4O2/c17-13-2-1-3-14(18)15(13)21-11-12(10-19)16(23)20-4-5-22-6-8-24-9-7-22/h1-3,11,21H,4-9H2,(H,20,23)/b12-11-. The Morgan fingerprint density at radius 2 is 2.00 bits per heavy atom. The van der Waals surface area contributed by atoms with Crippen LogP contribution in [0.25, 0.3) is 0 Å². The fourth-order valence-electron chi connectivity index (χ4n) is 2.18. The van der Waals surface area contributed by atoms with Gasteiger partial charge in [0.2, 0.25) is 0 Å². The number of rotatable bonds is 6. The lowest BCUT2D eigenvalue weighted by molar-refractivity contribution is -0.117. The number of benzene rings is 1. The van der Waals surface area contributed by atoms with Crippen LogP contribution in [0.3, 0.4) is 0 Å². The van der Waals surface area contributed by atoms with Crippen molar-refractivity contribution >= 4 is 34.8 Å². The molecule has 0 spiro atoms. The second-order valence-corrected chi connectivity index (χ2v) is 5.94. The lowest BCUT2D eigenvalue weighted by atomic mass is 10.2. The van der Waals surface area contributed by atoms with E-state index in [0.717, 1.165) is 19.6 Å². The number of hydrogen-bond acceptors (Lipinski definition) is 5. The summed E-state index contributed by atoms with van der Waals surface area (Å²) >= 11 is 12.1. The summed E-state index contributed by atoms with van der Waals surface area (Å²) < 4.78 is 5.26. The van der Waals surface area contributed by atoms with Crippen LogP contribution in [0.1, 0.15) is 0 Å². The summed E-state index contributed by atoms with van der Waals surface area (Å²) in [5.41, 5.74) is 0.405. The molecule has 1 heterocycles. The number of hydrogen-bond donors (Lipinski definition) is 2. The number of carbonyl (C=O) groups excluding carboxylic acids is 1. The first-order valence-corrected chi connectivity index (χ1v) is 8.26. The molecule has 0 atom stereocenters. The third-order valence-electron chi connectivity index (χ3n) is 3.51. The third-order valence-corrected chi connectivity index (χ3v) is 4.14. The van der Waals surface area contributed by atoms with Gasteiger partial charge in [0.05, 0.1) is 28.9 Å². The maximum absolute atomic E-state index is 12.1. The van der Waals surface area contributed by atoms with Gasteiger partial charge in [-0.1, -0.05) is 29.3 Å². The molecule has 1 aliphatic rings. The summed E-state index contributed by atoms with van der Waals surface area (Å²) in [5.74, 6) is -0.443. The predicted octanol–water partition coefficient (Wildman–Crippen LogP) is 2.26. The number of ether oxygens (including phenoxy) is 1. The van der Waals surface area contributed by atoms with Crippen LogP contribution in [-0.4, -0.2) is 50.2 Å². The van der Waals surface area contributed by atoms with Gasteiger partial charge in [-0.05, 0) is 12.1 Å². The van der Waals surface area contributed by atoms with E-state index in [-0.39, 0.29) is 5.57 Å². The van der Waals surface area contributed by atoms with E-state index in [0.29, 0.717) is 35.5 Å². The van der Waals surface area contributed by atoms with E-state index in [4.69, 9.17) is 33.2 Å². The molecule has 1 aliphatic heterocycles. The van der Waals surface area contributed by atoms with Gasteiger partial charge < -0.3 is 15.4 Å². The summed E-state index contributed by atoms with van der Waals surface area (Å²) in [6.07, 6.45) is 1.30. The molecule has 128 valence electrons. The van der Waals surface area contributed by atoms with Gasteiger partial charge in [0.25, 0.3) is 5.91 Å². The smallest absolute Gasteiger partial charge is 0.263 e. The van der Waals surface area contributed by atoms with E-state index in [1.165, 1.54) is 6.20 Å². The first-order valence-electron chi connectivity index (χ1n) is 7.51. The van der Waals surface area contributed by atoms with Crippen molar-refractivity contribution in [3.05, 3.63) is 40.0 Å². The van der Waals surface area contributed by atoms with Crippen LogP contribution in [0.5, 0.6) is 0 Å². The fourth-order valence-corrected chi connectivity index (χ4v) is 2.68. The molecule has 2 rings (SSSR count). The van der Waals surface area contributed by atoms with Gasteiger partial charge in [-0.2, -0.15) is 5.26 Å². The molecule has 6 nitrogen and oxygen atoms in total. The van der Waals surface area contributed by atoms with Gasteiger partial charge in [-0.3, -0.25) is 9.69 Å². The highest BCUT2D eigenvalue weighted by molar-refractivity contribution is 6.39. The van der Waals surface area contributed by atoms with Gasteiger partial charge in [0, 0.05) is 32.4 Å². The Morgan fingerprint density at radius 1 is 1.33 bits per heavy atom. The Bertz CT molecular complexity index is 632. The SMILES string of the molecule is N#C/C(=C/Nc1c(Cl)cccc1Cl)C(=O)NCCN1CCOCC1. The van der Waals surface area contributed by atoms with Gasteiger partial charge in [0.15, 0.2) is 0 Å². The van der Waals surface area contributed by atoms with Gasteiger partial charge in [0.1, 0.15) is 11.6 Å². The minimum absolute atomic E-state index is 0.0482. The summed E-state index contributed by atoms with van der Waals surface area (Å²) in [7, 11) is 0. The number of nitriles is 1. The summed E-state index contributed by atoms with van der Waals surface area (Å²) in [6, 6.07) is 6.91. The van der Waals surface area contributed by atoms with Crippen LogP contribution >= 0.6 is 23.2 Å². The van der Waals surface area contributed by atoms with E-state index >= 15 is 0 Å². The minimum Gasteiger partial charge on any atom is -0.379 e. The highest BCUT2D eigenvalue weighted by Gasteiger charge is 2.12. The first kappa shape index (κ1) is 18.6. The van der Waals surface area contributed by atoms with Crippen LogP contribution in [0.15, 0.2) is 30.0 Å². The maximum Gasteiger partial charge on any atom is 0.263 e. The average Bonchev–Trinajstić information content (AvgIpc) is 2.58. The van der Waals surface area contributed by atoms with Crippen molar-refractivity contribution in [3.8, 4) is 6.07 Å². The molecule has 1 aromatic rings. The number of nitrogens with one attached hydrogen (secondary N) is 2. The van der Waals surface area contributed by atoms with E-state index in [1.54, 1.807) is 18.2 Å². The molecule has 0 radical (unpaired) electrons. The summed E-state index contributed by atoms with van der Waals surface area (Å²) in [6.45, 7) is 4.30. The van der Waals surface area contributed by atoms with E-state index in [1.807, 2.05) is 6.07 Å². The molecule has 1 fully saturated rings. The molecule has 1 amide bonds. The number of anilines is 1. The molecular formula is C16H18Cl2N4O2. The minimum atomic E-state index is -0.443. The third kappa shape index (κ3) is 5.39. The Balaban J connectivity index is 1.87. The van der Waals surface area contributed by atoms with Crippen LogP contribution in [-0.2, 0) is 9.53 Å². The second kappa shape index (κ2) is 9.50. The van der Waals surface area contributed by atoms with Crippen LogP contribution in [0, 0.1) is 11.3 Å². The summed E-state index contributed by atoms with van der Waals surface area (Å²) in [4.78, 5) is 14.3. The van der Waals surface area contributed by atoms with Gasteiger partial charge >= 0.3 is 0 Å². The molecule has 0 saturated carbocycles. The quantitative estimate of drug-likeness (QED) is 0.594. The molecule has 24 heavy (non-hydrogen) atoms. The normalized spacial score (nSPS) is 15.6. The van der Waals surface area contributed by atoms with Crippen LogP contribution in [0.4, 0.5) is 5.69 Å². The molecule has 0 aliphatic carbocycles. The number of amides is 1. The number of halogens is 2. The molecule has 8 heteroatoms. The van der Waals surface area contributed by atoms with E-state index in [2.05, 4.69) is 15.5 Å². The van der Waals surface area contributed by atoms with E-state index in [9.17, 15) is 4.79 Å². The zero-order valence-electron chi connectivity index (χ0n) is 13.0. The lowest BCUT2D eigenvalue weighted by Gasteiger charge is -2.26. The first-order chi connectivity index (χ1) is 11.6. The monoisotopic (exact) mass is 368 g/mol. The zero-order valence-corrected chi connectivity index (χ0v) is 14.5. The molecule has 0 aromatic heterocycles. The molecule has 1 saturated heterocycles. The van der Waals surface area contributed by atoms with Crippen molar-refractivity contribution in [2.75, 3.05) is 44.7 Å². The Morgan fingerprint density at radius 3 is 2.62 bits per heavy atom. The number of nitrogens with zero attached hydrogens (tertiary/aromatic N) is 2. The largest absolute Gasteiger partial charge is 0.379 e. The topological polar surface area (TPSA) is 77.4 Å². The molecule has 0 unspecified atom stereocenters. The predicted molar refractivity (Wildman–Crippen MR) is 94.0 cm³/mol. The average molecular weight is 369 g/mol. The van der Waals surface area contributed by atoms with Crippen molar-refractivity contribution in [1.29, 1.82) is 5.26 Å². The van der Waals surface area contributed by atoms with Crippen molar-refractivity contribution in [2.45, 2.75) is 0 Å². The Kier molecular flexibility index (Phi) is 7.35. The Hall–Kier alpha value is -1.78. The van der Waals surface area contributed by atoms with Crippen molar-refractivity contribution in [2.24, 2.45) is 0 Å². The van der Waals surface area contributed by atoms with Crippen molar-refractivity contribution < 1.29 is 9.53 Å². The van der Waals surface area contributed by atoms with Gasteiger partial charge in [-0.25, -0.2) is 0 Å². The Labute approximate surface area is 151 Å². The van der Waals surface area contributed by atoms with E-state index < -0.39 is 5.91 Å². The highest BCUT2D eigenvalue weighted by Crippen LogP contribution is 2.29. The molecule has 2 N–H and O–H groups in total. The van der Waals surface area contributed by atoms with Gasteiger partial charge in [-0.15, -0.1) is 0 Å². The van der Waals surface area contributed by atoms with Crippen molar-refractivity contribution in [3.63, 3.8) is 0 Å². The highest BCUT2D eigenvalue weighted by atomic mass is 35.5. The molecule has 0 bridgehead atoms. The van der Waals surface area contributed by atoms with Crippen LogP contribution in [0.2, 0.25) is 10.0 Å². The molecule has 1 aromatic carbocycles. The van der Waals surface area contributed by atoms with Crippen molar-refractivity contribution in [1.82, 2.24) is 10.2 Å². The number of para-hydroxylation sites is 1. The number of morpholine rings is 1. The second-order valence-electron chi connectivity index (χ2n) is 5.12. The molecular weight excluding hydrogens is 351 g/mol. The van der Waals surface area contributed by atoms with Crippen LogP contribution < -0.4 is 10.6 Å².